The highest BCUT2D eigenvalue weighted by Crippen LogP contribution is 2.38. The van der Waals surface area contributed by atoms with Crippen LogP contribution in [0.2, 0.25) is 0 Å². The van der Waals surface area contributed by atoms with Crippen LogP contribution in [0.4, 0.5) is 24.5 Å². The van der Waals surface area contributed by atoms with Gasteiger partial charge in [-0.15, -0.1) is 0 Å². The van der Waals surface area contributed by atoms with E-state index in [1.807, 2.05) is 7.05 Å². The molecule has 2 aliphatic carbocycles. The number of nitrogens with zero attached hydrogens (tertiary/aromatic N) is 2. The normalized spacial score (nSPS) is 21.0. The Hall–Kier alpha value is -3.08. The van der Waals surface area contributed by atoms with Crippen molar-refractivity contribution < 1.29 is 22.8 Å². The Kier molecular flexibility index (Phi) is 13.5. The van der Waals surface area contributed by atoms with Crippen molar-refractivity contribution >= 4 is 28.7 Å². The van der Waals surface area contributed by atoms with Gasteiger partial charge in [0, 0.05) is 44.4 Å². The zero-order valence-corrected chi connectivity index (χ0v) is 27.2. The van der Waals surface area contributed by atoms with Crippen molar-refractivity contribution in [1.29, 1.82) is 0 Å². The number of anilines is 1. The molecule has 244 valence electrons. The lowest BCUT2D eigenvalue weighted by Gasteiger charge is -2.31. The second-order valence-electron chi connectivity index (χ2n) is 12.0. The molecule has 1 fully saturated rings. The minimum absolute atomic E-state index is 0.0200. The predicted octanol–water partition coefficient (Wildman–Crippen LogP) is 8.93. The van der Waals surface area contributed by atoms with Gasteiger partial charge in [-0.3, -0.25) is 10.1 Å². The predicted molar refractivity (Wildman–Crippen MR) is 175 cm³/mol. The van der Waals surface area contributed by atoms with Crippen molar-refractivity contribution in [2.75, 3.05) is 25.5 Å². The summed E-state index contributed by atoms with van der Waals surface area (Å²) in [4.78, 5) is 12.3. The number of alkyl halides is 3. The Balaban J connectivity index is 1.46. The molecule has 1 aromatic rings. The van der Waals surface area contributed by atoms with E-state index in [1.165, 1.54) is 17.2 Å². The van der Waals surface area contributed by atoms with Crippen LogP contribution in [0.15, 0.2) is 53.3 Å². The third-order valence-electron chi connectivity index (χ3n) is 8.53. The number of nitro benzene ring substituents is 1. The summed E-state index contributed by atoms with van der Waals surface area (Å²) in [5.74, 6) is 1.56. The molecule has 0 aromatic heterocycles. The first kappa shape index (κ1) is 35.4. The molecule has 11 heteroatoms. The molecule has 0 saturated heterocycles. The fourth-order valence-corrected chi connectivity index (χ4v) is 6.00. The average Bonchev–Trinajstić information content (AvgIpc) is 2.98. The van der Waals surface area contributed by atoms with Gasteiger partial charge in [-0.1, -0.05) is 31.6 Å². The van der Waals surface area contributed by atoms with Crippen LogP contribution in [-0.4, -0.2) is 47.2 Å². The molecule has 0 heterocycles. The number of hydrogen-bond donors (Lipinski definition) is 2. The molecule has 0 spiro atoms. The second kappa shape index (κ2) is 16.8. The Labute approximate surface area is 265 Å². The van der Waals surface area contributed by atoms with Crippen LogP contribution in [-0.2, 0) is 10.9 Å². The molecule has 1 saturated carbocycles. The summed E-state index contributed by atoms with van der Waals surface area (Å²) in [6, 6.07) is 3.07. The number of benzene rings is 1. The van der Waals surface area contributed by atoms with E-state index in [0.717, 1.165) is 100 Å². The molecule has 1 aromatic carbocycles. The number of nitrogens with one attached hydrogen (secondary N) is 2. The molecule has 3 rings (SSSR count). The fourth-order valence-electron chi connectivity index (χ4n) is 5.82. The first-order valence-corrected chi connectivity index (χ1v) is 16.1. The molecule has 1 atom stereocenters. The van der Waals surface area contributed by atoms with E-state index in [0.29, 0.717) is 5.92 Å². The number of rotatable bonds is 13. The SMILES string of the molecule is CCCN(CCC(C)CCC1=C(C)CC/C(OC2CCC(Nc3ccc([N+](=O)[O-])c(C(F)(F)F)c3)CC2)=C/C=C1)C(=S)NC. The number of thiocarbonyl (C=S) groups is 1. The highest BCUT2D eigenvalue weighted by atomic mass is 32.1. The van der Waals surface area contributed by atoms with Gasteiger partial charge in [-0.25, -0.2) is 0 Å². The van der Waals surface area contributed by atoms with Crippen molar-refractivity contribution in [2.45, 2.75) is 103 Å². The Morgan fingerprint density at radius 2 is 1.91 bits per heavy atom. The van der Waals surface area contributed by atoms with Crippen molar-refractivity contribution in [2.24, 2.45) is 5.92 Å². The summed E-state index contributed by atoms with van der Waals surface area (Å²) in [6.07, 6.45) is 10.8. The standard InChI is InChI=1S/C33H47F3N4O3S/c1-5-20-39(32(44)37-4)21-19-23(2)9-11-25-7-6-8-28(15-10-24(25)3)43-29-16-12-26(13-17-29)38-27-14-18-31(40(41)42)30(22-27)33(34,35)36/h6-8,14,18,22-23,26,29,38H,5,9-13,15-17,19-21H2,1-4H3,(H,37,44)/b7-6?,25-24?,28-8-. The Bertz CT molecular complexity index is 1220. The number of halogens is 3. The van der Waals surface area contributed by atoms with Crippen molar-refractivity contribution in [1.82, 2.24) is 10.2 Å². The number of allylic oxidation sites excluding steroid dienone is 6. The third kappa shape index (κ3) is 10.8. The van der Waals surface area contributed by atoms with Crippen LogP contribution in [0.25, 0.3) is 0 Å². The summed E-state index contributed by atoms with van der Waals surface area (Å²) >= 11 is 5.45. The zero-order chi connectivity index (χ0) is 32.3. The average molecular weight is 637 g/mol. The number of nitro groups is 1. The number of hydrogen-bond acceptors (Lipinski definition) is 5. The molecule has 2 aliphatic rings. The Morgan fingerprint density at radius 1 is 1.18 bits per heavy atom. The van der Waals surface area contributed by atoms with Crippen molar-refractivity contribution in [3.8, 4) is 0 Å². The zero-order valence-electron chi connectivity index (χ0n) is 26.3. The summed E-state index contributed by atoms with van der Waals surface area (Å²) < 4.78 is 46.4. The monoisotopic (exact) mass is 636 g/mol. The van der Waals surface area contributed by atoms with Crippen molar-refractivity contribution in [3.05, 3.63) is 69.0 Å². The molecule has 2 N–H and O–H groups in total. The van der Waals surface area contributed by atoms with Gasteiger partial charge in [-0.2, -0.15) is 13.2 Å². The molecule has 0 aliphatic heterocycles. The fraction of sp³-hybridized carbons (Fsp3) is 0.606. The molecule has 0 bridgehead atoms. The summed E-state index contributed by atoms with van der Waals surface area (Å²) in [5.41, 5.74) is 0.855. The lowest BCUT2D eigenvalue weighted by molar-refractivity contribution is -0.388. The summed E-state index contributed by atoms with van der Waals surface area (Å²) in [7, 11) is 1.88. The second-order valence-corrected chi connectivity index (χ2v) is 12.4. The molecule has 1 unspecified atom stereocenters. The minimum atomic E-state index is -4.80. The van der Waals surface area contributed by atoms with Gasteiger partial charge < -0.3 is 20.3 Å². The van der Waals surface area contributed by atoms with E-state index in [9.17, 15) is 23.3 Å². The van der Waals surface area contributed by atoms with Gasteiger partial charge in [0.1, 0.15) is 5.56 Å². The van der Waals surface area contributed by atoms with Gasteiger partial charge in [-0.05, 0) is 107 Å². The van der Waals surface area contributed by atoms with E-state index < -0.39 is 22.4 Å². The topological polar surface area (TPSA) is 79.7 Å². The molecule has 44 heavy (non-hydrogen) atoms. The summed E-state index contributed by atoms with van der Waals surface area (Å²) in [6.45, 7) is 8.64. The first-order valence-electron chi connectivity index (χ1n) is 15.7. The maximum atomic E-state index is 13.3. The summed E-state index contributed by atoms with van der Waals surface area (Å²) in [5, 5.41) is 18.1. The van der Waals surface area contributed by atoms with Crippen LogP contribution in [0.3, 0.4) is 0 Å². The van der Waals surface area contributed by atoms with Crippen LogP contribution in [0, 0.1) is 16.0 Å². The van der Waals surface area contributed by atoms with E-state index in [2.05, 4.69) is 54.5 Å². The highest BCUT2D eigenvalue weighted by Gasteiger charge is 2.38. The maximum absolute atomic E-state index is 13.3. The van der Waals surface area contributed by atoms with Crippen LogP contribution in [0.5, 0.6) is 0 Å². The maximum Gasteiger partial charge on any atom is 0.423 e. The highest BCUT2D eigenvalue weighted by molar-refractivity contribution is 7.80. The molecule has 7 nitrogen and oxygen atoms in total. The lowest BCUT2D eigenvalue weighted by Crippen LogP contribution is -2.39. The van der Waals surface area contributed by atoms with Crippen LogP contribution >= 0.6 is 12.2 Å². The van der Waals surface area contributed by atoms with Crippen LogP contribution < -0.4 is 10.6 Å². The van der Waals surface area contributed by atoms with E-state index in [1.54, 1.807) is 0 Å². The third-order valence-corrected chi connectivity index (χ3v) is 8.99. The smallest absolute Gasteiger partial charge is 0.423 e. The van der Waals surface area contributed by atoms with Crippen LogP contribution in [0.1, 0.15) is 90.5 Å². The van der Waals surface area contributed by atoms with Gasteiger partial charge in [0.15, 0.2) is 5.11 Å². The van der Waals surface area contributed by atoms with Gasteiger partial charge >= 0.3 is 6.18 Å². The van der Waals surface area contributed by atoms with E-state index in [4.69, 9.17) is 17.0 Å². The number of ether oxygens (including phenoxy) is 1. The molecular formula is C33H47F3N4O3S. The largest absolute Gasteiger partial charge is 0.495 e. The van der Waals surface area contributed by atoms with E-state index >= 15 is 0 Å². The van der Waals surface area contributed by atoms with Crippen molar-refractivity contribution in [3.63, 3.8) is 0 Å². The van der Waals surface area contributed by atoms with Gasteiger partial charge in [0.25, 0.3) is 5.69 Å². The van der Waals surface area contributed by atoms with Gasteiger partial charge in [0.05, 0.1) is 16.8 Å². The molecule has 0 radical (unpaired) electrons. The van der Waals surface area contributed by atoms with E-state index in [-0.39, 0.29) is 17.8 Å². The van der Waals surface area contributed by atoms with Gasteiger partial charge in [0.2, 0.25) is 0 Å². The molecular weight excluding hydrogens is 589 g/mol. The first-order chi connectivity index (χ1) is 20.9. The minimum Gasteiger partial charge on any atom is -0.495 e. The molecule has 0 amide bonds. The lowest BCUT2D eigenvalue weighted by atomic mass is 9.92. The Morgan fingerprint density at radius 3 is 2.55 bits per heavy atom. The quantitative estimate of drug-likeness (QED) is 0.127.